The van der Waals surface area contributed by atoms with E-state index in [4.69, 9.17) is 11.6 Å². The van der Waals surface area contributed by atoms with Crippen molar-refractivity contribution in [2.75, 3.05) is 23.8 Å². The molecule has 184 valence electrons. The van der Waals surface area contributed by atoms with Crippen LogP contribution in [0.5, 0.6) is 0 Å². The molecule has 2 aromatic carbocycles. The lowest BCUT2D eigenvalue weighted by atomic mass is 9.66. The average molecular weight is 514 g/mol. The van der Waals surface area contributed by atoms with Crippen LogP contribution in [0.1, 0.15) is 26.2 Å². The molecule has 0 aliphatic carbocycles. The normalized spacial score (nSPS) is 30.9. The van der Waals surface area contributed by atoms with Gasteiger partial charge < -0.3 is 20.6 Å². The van der Waals surface area contributed by atoms with Crippen LogP contribution in [0.15, 0.2) is 54.6 Å². The van der Waals surface area contributed by atoms with Crippen LogP contribution >= 0.6 is 23.4 Å². The lowest BCUT2D eigenvalue weighted by molar-refractivity contribution is -0.139. The zero-order valence-corrected chi connectivity index (χ0v) is 20.9. The van der Waals surface area contributed by atoms with Crippen molar-refractivity contribution >= 4 is 52.5 Å². The molecule has 5 atom stereocenters. The van der Waals surface area contributed by atoms with Crippen molar-refractivity contribution in [3.05, 3.63) is 59.6 Å². The summed E-state index contributed by atoms with van der Waals surface area (Å²) in [4.78, 5) is 42.7. The third-order valence-corrected chi connectivity index (χ3v) is 9.76. The number of rotatable bonds is 7. The van der Waals surface area contributed by atoms with Gasteiger partial charge in [0.2, 0.25) is 17.7 Å². The van der Waals surface area contributed by atoms with E-state index in [1.165, 1.54) is 0 Å². The van der Waals surface area contributed by atoms with Gasteiger partial charge in [-0.15, -0.1) is 11.8 Å². The van der Waals surface area contributed by atoms with Crippen molar-refractivity contribution in [3.63, 3.8) is 0 Å². The number of nitrogens with one attached hydrogen (secondary N) is 2. The highest BCUT2D eigenvalue weighted by atomic mass is 35.5. The van der Waals surface area contributed by atoms with Gasteiger partial charge in [0.15, 0.2) is 0 Å². The molecule has 5 rings (SSSR count). The summed E-state index contributed by atoms with van der Waals surface area (Å²) in [7, 11) is 0. The van der Waals surface area contributed by atoms with Crippen molar-refractivity contribution in [1.29, 1.82) is 0 Å². The van der Waals surface area contributed by atoms with Crippen LogP contribution in [0.3, 0.4) is 0 Å². The Morgan fingerprint density at radius 1 is 1.06 bits per heavy atom. The Morgan fingerprint density at radius 3 is 2.40 bits per heavy atom. The molecule has 3 saturated heterocycles. The highest BCUT2D eigenvalue weighted by Crippen LogP contribution is 2.71. The number of aliphatic hydroxyl groups excluding tert-OH is 1. The Labute approximate surface area is 213 Å². The molecule has 3 fully saturated rings. The number of nitrogens with zero attached hydrogens (tertiary/aromatic N) is 1. The summed E-state index contributed by atoms with van der Waals surface area (Å²) in [5.74, 6) is -1.80. The van der Waals surface area contributed by atoms with Crippen molar-refractivity contribution in [3.8, 4) is 0 Å². The quantitative estimate of drug-likeness (QED) is 0.523. The number of thioether (sulfide) groups is 1. The van der Waals surface area contributed by atoms with Crippen molar-refractivity contribution < 1.29 is 19.5 Å². The molecule has 3 amide bonds. The fourth-order valence-corrected chi connectivity index (χ4v) is 8.58. The molecular weight excluding hydrogens is 486 g/mol. The number of hydrogen-bond acceptors (Lipinski definition) is 5. The minimum Gasteiger partial charge on any atom is -0.396 e. The van der Waals surface area contributed by atoms with Crippen molar-refractivity contribution in [2.24, 2.45) is 11.8 Å². The lowest BCUT2D eigenvalue weighted by Crippen LogP contribution is -2.52. The number of aliphatic hydroxyl groups is 1. The molecule has 3 heterocycles. The van der Waals surface area contributed by atoms with Gasteiger partial charge in [-0.25, -0.2) is 0 Å². The summed E-state index contributed by atoms with van der Waals surface area (Å²) >= 11 is 7.61. The average Bonchev–Trinajstić information content (AvgIpc) is 3.40. The Bertz CT molecular complexity index is 1150. The van der Waals surface area contributed by atoms with Gasteiger partial charge in [-0.1, -0.05) is 29.8 Å². The molecule has 0 aromatic heterocycles. The van der Waals surface area contributed by atoms with E-state index in [0.29, 0.717) is 29.2 Å². The molecule has 3 N–H and O–H groups in total. The monoisotopic (exact) mass is 513 g/mol. The number of anilines is 2. The third-order valence-electron chi connectivity index (χ3n) is 7.52. The summed E-state index contributed by atoms with van der Waals surface area (Å²) in [6, 6.07) is 15.3. The molecular formula is C26H28ClN3O4S. The summed E-state index contributed by atoms with van der Waals surface area (Å²) in [5, 5.41) is 16.0. The predicted octanol–water partition coefficient (Wildman–Crippen LogP) is 3.78. The van der Waals surface area contributed by atoms with E-state index < -0.39 is 27.4 Å². The minimum atomic E-state index is -0.733. The van der Waals surface area contributed by atoms with Crippen LogP contribution in [0, 0.1) is 11.8 Å². The van der Waals surface area contributed by atoms with Crippen molar-refractivity contribution in [1.82, 2.24) is 4.90 Å². The van der Waals surface area contributed by atoms with E-state index in [1.807, 2.05) is 37.3 Å². The van der Waals surface area contributed by atoms with Gasteiger partial charge in [0, 0.05) is 34.3 Å². The maximum atomic E-state index is 13.9. The van der Waals surface area contributed by atoms with Crippen LogP contribution in [-0.2, 0) is 14.4 Å². The van der Waals surface area contributed by atoms with Gasteiger partial charge in [-0.2, -0.15) is 0 Å². The second-order valence-electron chi connectivity index (χ2n) is 9.69. The summed E-state index contributed by atoms with van der Waals surface area (Å²) in [6.45, 7) is 2.21. The van der Waals surface area contributed by atoms with Crippen LogP contribution in [0.2, 0.25) is 5.02 Å². The van der Waals surface area contributed by atoms with Crippen LogP contribution < -0.4 is 10.6 Å². The SMILES string of the molecule is C[C@@]12CCC3(S1)C(C(=O)Nc1ccc(Cl)cc1)N(CCCO)C(=O)[C@@H]3[C@@H]2C(=O)Nc1ccccc1. The van der Waals surface area contributed by atoms with E-state index in [-0.39, 0.29) is 30.9 Å². The Balaban J connectivity index is 1.48. The molecule has 0 radical (unpaired) electrons. The first-order chi connectivity index (χ1) is 16.8. The molecule has 9 heteroatoms. The zero-order valence-electron chi connectivity index (χ0n) is 19.4. The second kappa shape index (κ2) is 9.15. The van der Waals surface area contributed by atoms with Crippen LogP contribution in [0.25, 0.3) is 0 Å². The molecule has 1 spiro atoms. The zero-order chi connectivity index (χ0) is 24.8. The molecule has 2 unspecified atom stereocenters. The molecule has 35 heavy (non-hydrogen) atoms. The van der Waals surface area contributed by atoms with E-state index >= 15 is 0 Å². The van der Waals surface area contributed by atoms with Gasteiger partial charge in [0.25, 0.3) is 0 Å². The standard InChI is InChI=1S/C26H28ClN3O4S/c1-25-12-13-26(35-25)20(19(25)22(32)28-17-6-3-2-4-7-17)24(34)30(14-5-15-31)21(26)23(33)29-18-10-8-16(27)9-11-18/h2-4,6-11,19-21,31H,5,12-15H2,1H3,(H,28,32)(H,29,33)/t19-,20+,21?,25+,26?/m1/s1. The molecule has 2 bridgehead atoms. The number of fused-ring (bicyclic) bond motifs is 1. The molecule has 3 aliphatic rings. The summed E-state index contributed by atoms with van der Waals surface area (Å²) in [6.07, 6.45) is 1.78. The van der Waals surface area contributed by atoms with Crippen LogP contribution in [0.4, 0.5) is 11.4 Å². The number of carbonyl (C=O) groups excluding carboxylic acids is 3. The Hall–Kier alpha value is -2.55. The Morgan fingerprint density at radius 2 is 1.71 bits per heavy atom. The highest BCUT2D eigenvalue weighted by Gasteiger charge is 2.77. The molecule has 0 saturated carbocycles. The first-order valence-corrected chi connectivity index (χ1v) is 13.0. The number of benzene rings is 2. The van der Waals surface area contributed by atoms with Crippen molar-refractivity contribution in [2.45, 2.75) is 41.7 Å². The number of likely N-dealkylation sites (tertiary alicyclic amines) is 1. The largest absolute Gasteiger partial charge is 0.396 e. The predicted molar refractivity (Wildman–Crippen MR) is 137 cm³/mol. The van der Waals surface area contributed by atoms with Gasteiger partial charge >= 0.3 is 0 Å². The summed E-state index contributed by atoms with van der Waals surface area (Å²) in [5.41, 5.74) is 1.28. The van der Waals surface area contributed by atoms with E-state index in [1.54, 1.807) is 40.9 Å². The van der Waals surface area contributed by atoms with Gasteiger partial charge in [0.1, 0.15) is 6.04 Å². The topological polar surface area (TPSA) is 98.7 Å². The van der Waals surface area contributed by atoms with Gasteiger partial charge in [0.05, 0.1) is 16.6 Å². The Kier molecular flexibility index (Phi) is 6.32. The first kappa shape index (κ1) is 24.2. The van der Waals surface area contributed by atoms with Gasteiger partial charge in [-0.3, -0.25) is 14.4 Å². The fraction of sp³-hybridized carbons (Fsp3) is 0.423. The highest BCUT2D eigenvalue weighted by molar-refractivity contribution is 8.02. The van der Waals surface area contributed by atoms with E-state index in [0.717, 1.165) is 6.42 Å². The minimum absolute atomic E-state index is 0.0875. The number of para-hydroxylation sites is 1. The number of halogens is 1. The van der Waals surface area contributed by atoms with Crippen LogP contribution in [-0.4, -0.2) is 56.4 Å². The number of carbonyl (C=O) groups is 3. The smallest absolute Gasteiger partial charge is 0.248 e. The van der Waals surface area contributed by atoms with Gasteiger partial charge in [-0.05, 0) is 62.6 Å². The molecule has 3 aliphatic heterocycles. The van der Waals surface area contributed by atoms with E-state index in [2.05, 4.69) is 10.6 Å². The second-order valence-corrected chi connectivity index (χ2v) is 12.0. The lowest BCUT2D eigenvalue weighted by Gasteiger charge is -2.34. The third kappa shape index (κ3) is 4.01. The maximum Gasteiger partial charge on any atom is 0.248 e. The molecule has 2 aromatic rings. The molecule has 7 nitrogen and oxygen atoms in total. The maximum absolute atomic E-state index is 13.9. The van der Waals surface area contributed by atoms with E-state index in [9.17, 15) is 19.5 Å². The fourth-order valence-electron chi connectivity index (χ4n) is 6.09. The first-order valence-electron chi connectivity index (χ1n) is 11.8. The summed E-state index contributed by atoms with van der Waals surface area (Å²) < 4.78 is -1.14. The number of amides is 3. The number of hydrogen-bond donors (Lipinski definition) is 3.